The Morgan fingerprint density at radius 3 is 2.74 bits per heavy atom. The van der Waals surface area contributed by atoms with Crippen LogP contribution in [0, 0.1) is 0 Å². The summed E-state index contributed by atoms with van der Waals surface area (Å²) in [6.45, 7) is 2.20. The van der Waals surface area contributed by atoms with Crippen LogP contribution in [-0.4, -0.2) is 9.97 Å². The zero-order valence-corrected chi connectivity index (χ0v) is 11.5. The van der Waals surface area contributed by atoms with Crippen molar-refractivity contribution in [3.05, 3.63) is 64.9 Å². The van der Waals surface area contributed by atoms with E-state index in [0.29, 0.717) is 5.92 Å². The average Bonchev–Trinajstić information content (AvgIpc) is 2.86. The van der Waals surface area contributed by atoms with Crippen LogP contribution in [0.5, 0.6) is 0 Å². The molecule has 3 rings (SSSR count). The summed E-state index contributed by atoms with van der Waals surface area (Å²) in [5.41, 5.74) is 3.39. The summed E-state index contributed by atoms with van der Waals surface area (Å²) in [7, 11) is 0. The molecule has 1 atom stereocenters. The maximum absolute atomic E-state index is 6.33. The molecule has 0 radical (unpaired) electrons. The van der Waals surface area contributed by atoms with E-state index in [1.165, 1.54) is 11.1 Å². The zero-order chi connectivity index (χ0) is 13.2. The number of aromatic nitrogens is 2. The number of halogens is 1. The van der Waals surface area contributed by atoms with Crippen LogP contribution in [0.3, 0.4) is 0 Å². The lowest BCUT2D eigenvalue weighted by Gasteiger charge is -2.15. The minimum absolute atomic E-state index is 0.344. The molecule has 0 aliphatic carbocycles. The smallest absolute Gasteiger partial charge is 0.139 e. The first-order chi connectivity index (χ1) is 9.31. The van der Waals surface area contributed by atoms with Crippen LogP contribution in [0.25, 0.3) is 11.0 Å². The van der Waals surface area contributed by atoms with E-state index in [0.717, 1.165) is 22.5 Å². The van der Waals surface area contributed by atoms with Gasteiger partial charge in [0, 0.05) is 23.7 Å². The van der Waals surface area contributed by atoms with Gasteiger partial charge in [-0.3, -0.25) is 0 Å². The van der Waals surface area contributed by atoms with E-state index in [2.05, 4.69) is 41.2 Å². The van der Waals surface area contributed by atoms with Crippen LogP contribution in [0.1, 0.15) is 30.4 Å². The molecular weight excluding hydrogens is 256 g/mol. The molecule has 2 nitrogen and oxygen atoms in total. The highest BCUT2D eigenvalue weighted by Crippen LogP contribution is 2.35. The monoisotopic (exact) mass is 270 g/mol. The van der Waals surface area contributed by atoms with E-state index in [1.54, 1.807) is 6.20 Å². The van der Waals surface area contributed by atoms with Crippen molar-refractivity contribution in [2.24, 2.45) is 0 Å². The Morgan fingerprint density at radius 2 is 2.00 bits per heavy atom. The van der Waals surface area contributed by atoms with Crippen molar-refractivity contribution in [3.63, 3.8) is 0 Å². The van der Waals surface area contributed by atoms with Gasteiger partial charge in [0.2, 0.25) is 0 Å². The summed E-state index contributed by atoms with van der Waals surface area (Å²) in [6, 6.07) is 12.4. The second-order valence-electron chi connectivity index (χ2n) is 4.63. The highest BCUT2D eigenvalue weighted by Gasteiger charge is 2.18. The molecule has 2 heterocycles. The van der Waals surface area contributed by atoms with Gasteiger partial charge in [0.05, 0.1) is 5.02 Å². The van der Waals surface area contributed by atoms with E-state index in [-0.39, 0.29) is 0 Å². The number of nitrogens with one attached hydrogen (secondary N) is 1. The number of hydrogen-bond acceptors (Lipinski definition) is 1. The third kappa shape index (κ3) is 2.13. The summed E-state index contributed by atoms with van der Waals surface area (Å²) in [5, 5.41) is 1.80. The maximum atomic E-state index is 6.33. The summed E-state index contributed by atoms with van der Waals surface area (Å²) >= 11 is 6.33. The minimum Gasteiger partial charge on any atom is -0.346 e. The molecule has 96 valence electrons. The van der Waals surface area contributed by atoms with Crippen molar-refractivity contribution >= 4 is 22.6 Å². The fraction of sp³-hybridized carbons (Fsp3) is 0.188. The molecule has 0 spiro atoms. The van der Waals surface area contributed by atoms with Crippen molar-refractivity contribution in [3.8, 4) is 0 Å². The van der Waals surface area contributed by atoms with Gasteiger partial charge in [-0.25, -0.2) is 4.98 Å². The average molecular weight is 271 g/mol. The van der Waals surface area contributed by atoms with Gasteiger partial charge in [0.15, 0.2) is 0 Å². The summed E-state index contributed by atoms with van der Waals surface area (Å²) in [4.78, 5) is 7.55. The van der Waals surface area contributed by atoms with Crippen LogP contribution in [0.4, 0.5) is 0 Å². The molecule has 0 aliphatic heterocycles. The second-order valence-corrected chi connectivity index (χ2v) is 5.04. The molecule has 0 aliphatic rings. The van der Waals surface area contributed by atoms with Gasteiger partial charge in [0.1, 0.15) is 5.65 Å². The highest BCUT2D eigenvalue weighted by molar-refractivity contribution is 6.35. The zero-order valence-electron chi connectivity index (χ0n) is 10.7. The molecule has 3 aromatic rings. The second kappa shape index (κ2) is 5.06. The topological polar surface area (TPSA) is 28.7 Å². The fourth-order valence-corrected chi connectivity index (χ4v) is 2.89. The number of aromatic amines is 1. The van der Waals surface area contributed by atoms with Gasteiger partial charge >= 0.3 is 0 Å². The minimum atomic E-state index is 0.344. The number of H-pyrrole nitrogens is 1. The lowest BCUT2D eigenvalue weighted by Crippen LogP contribution is -1.98. The third-order valence-corrected chi connectivity index (χ3v) is 3.85. The van der Waals surface area contributed by atoms with Gasteiger partial charge in [0.25, 0.3) is 0 Å². The summed E-state index contributed by atoms with van der Waals surface area (Å²) in [6.07, 6.45) is 4.79. The van der Waals surface area contributed by atoms with Gasteiger partial charge in [-0.15, -0.1) is 0 Å². The Balaban J connectivity index is 2.17. The third-order valence-electron chi connectivity index (χ3n) is 3.54. The highest BCUT2D eigenvalue weighted by atomic mass is 35.5. The maximum Gasteiger partial charge on any atom is 0.139 e. The molecule has 1 unspecified atom stereocenters. The lowest BCUT2D eigenvalue weighted by atomic mass is 9.89. The molecule has 1 N–H and O–H groups in total. The van der Waals surface area contributed by atoms with Gasteiger partial charge in [-0.2, -0.15) is 0 Å². The Kier molecular flexibility index (Phi) is 3.26. The normalized spacial score (nSPS) is 12.7. The number of rotatable bonds is 3. The SMILES string of the molecule is CCC(c1ccccc1)c1c[nH]c2nccc(Cl)c12. The van der Waals surface area contributed by atoms with Crippen molar-refractivity contribution in [1.29, 1.82) is 0 Å². The standard InChI is InChI=1S/C16H15ClN2/c1-2-12(11-6-4-3-5-7-11)13-10-19-16-15(13)14(17)8-9-18-16/h3-10,12H,2H2,1H3,(H,18,19). The van der Waals surface area contributed by atoms with Crippen LogP contribution in [0.2, 0.25) is 5.02 Å². The number of pyridine rings is 1. The fourth-order valence-electron chi connectivity index (χ4n) is 2.64. The van der Waals surface area contributed by atoms with Crippen molar-refractivity contribution in [2.75, 3.05) is 0 Å². The summed E-state index contributed by atoms with van der Waals surface area (Å²) in [5.74, 6) is 0.344. The molecule has 1 aromatic carbocycles. The molecular formula is C16H15ClN2. The van der Waals surface area contributed by atoms with Crippen LogP contribution in [0.15, 0.2) is 48.8 Å². The van der Waals surface area contributed by atoms with Gasteiger partial charge in [-0.05, 0) is 23.6 Å². The van der Waals surface area contributed by atoms with Gasteiger partial charge in [-0.1, -0.05) is 48.9 Å². The van der Waals surface area contributed by atoms with Crippen molar-refractivity contribution in [1.82, 2.24) is 9.97 Å². The van der Waals surface area contributed by atoms with Crippen molar-refractivity contribution in [2.45, 2.75) is 19.3 Å². The first-order valence-corrected chi connectivity index (χ1v) is 6.85. The lowest BCUT2D eigenvalue weighted by molar-refractivity contribution is 0.783. The molecule has 19 heavy (non-hydrogen) atoms. The number of benzene rings is 1. The predicted octanol–water partition coefficient (Wildman–Crippen LogP) is 4.76. The van der Waals surface area contributed by atoms with E-state index in [9.17, 15) is 0 Å². The first kappa shape index (κ1) is 12.2. The van der Waals surface area contributed by atoms with E-state index < -0.39 is 0 Å². The van der Waals surface area contributed by atoms with Crippen LogP contribution in [-0.2, 0) is 0 Å². The largest absolute Gasteiger partial charge is 0.346 e. The van der Waals surface area contributed by atoms with Crippen LogP contribution < -0.4 is 0 Å². The van der Waals surface area contributed by atoms with E-state index in [1.807, 2.05) is 18.3 Å². The predicted molar refractivity (Wildman–Crippen MR) is 79.7 cm³/mol. The van der Waals surface area contributed by atoms with Crippen LogP contribution >= 0.6 is 11.6 Å². The van der Waals surface area contributed by atoms with E-state index >= 15 is 0 Å². The van der Waals surface area contributed by atoms with E-state index in [4.69, 9.17) is 11.6 Å². The Bertz CT molecular complexity index is 688. The number of nitrogens with zero attached hydrogens (tertiary/aromatic N) is 1. The van der Waals surface area contributed by atoms with Gasteiger partial charge < -0.3 is 4.98 Å². The Labute approximate surface area is 117 Å². The Hall–Kier alpha value is -1.80. The first-order valence-electron chi connectivity index (χ1n) is 6.47. The molecule has 3 heteroatoms. The molecule has 0 saturated heterocycles. The Morgan fingerprint density at radius 1 is 1.21 bits per heavy atom. The van der Waals surface area contributed by atoms with Crippen molar-refractivity contribution < 1.29 is 0 Å². The molecule has 2 aromatic heterocycles. The molecule has 0 saturated carbocycles. The molecule has 0 amide bonds. The number of hydrogen-bond donors (Lipinski definition) is 1. The summed E-state index contributed by atoms with van der Waals surface area (Å²) < 4.78 is 0. The quantitative estimate of drug-likeness (QED) is 0.730. The molecule has 0 bridgehead atoms. The molecule has 0 fully saturated rings. The number of fused-ring (bicyclic) bond motifs is 1.